The van der Waals surface area contributed by atoms with E-state index in [0.29, 0.717) is 12.5 Å². The molecule has 0 unspecified atom stereocenters. The van der Waals surface area contributed by atoms with Crippen LogP contribution in [0.3, 0.4) is 0 Å². The van der Waals surface area contributed by atoms with Crippen LogP contribution in [0.2, 0.25) is 0 Å². The summed E-state index contributed by atoms with van der Waals surface area (Å²) in [5.41, 5.74) is 2.27. The molecular weight excluding hydrogens is 266 g/mol. The van der Waals surface area contributed by atoms with Gasteiger partial charge in [-0.05, 0) is 42.9 Å². The molecule has 1 N–H and O–H groups in total. The number of amides is 1. The molecule has 21 heavy (non-hydrogen) atoms. The first-order chi connectivity index (χ1) is 10.1. The minimum absolute atomic E-state index is 0.0507. The number of benzene rings is 1. The largest absolute Gasteiger partial charge is 0.483 e. The molecule has 1 heterocycles. The van der Waals surface area contributed by atoms with Crippen LogP contribution in [0.5, 0.6) is 5.75 Å². The highest BCUT2D eigenvalue weighted by Crippen LogP contribution is 2.24. The monoisotopic (exact) mass is 291 g/mol. The van der Waals surface area contributed by atoms with Crippen LogP contribution in [0.1, 0.15) is 43.7 Å². The van der Waals surface area contributed by atoms with Gasteiger partial charge >= 0.3 is 0 Å². The second-order valence-electron chi connectivity index (χ2n) is 5.91. The van der Waals surface area contributed by atoms with Gasteiger partial charge in [0, 0.05) is 13.2 Å². The Morgan fingerprint density at radius 3 is 2.95 bits per heavy atom. The number of aryl methyl sites for hydroxylation is 1. The van der Waals surface area contributed by atoms with Gasteiger partial charge in [-0.3, -0.25) is 4.79 Å². The lowest BCUT2D eigenvalue weighted by atomic mass is 10.0. The minimum Gasteiger partial charge on any atom is -0.483 e. The summed E-state index contributed by atoms with van der Waals surface area (Å²) in [4.78, 5) is 11.8. The molecule has 0 radical (unpaired) electrons. The predicted octanol–water partition coefficient (Wildman–Crippen LogP) is 2.79. The standard InChI is InChI=1S/C17H25NO3/c1-12(2)14-7-6-13(3)16(9-14)21-11-17(19)18-10-15-5-4-8-20-15/h6-7,9,12,15H,4-5,8,10-11H2,1-3H3,(H,18,19)/t15-/m0/s1. The van der Waals surface area contributed by atoms with Crippen molar-refractivity contribution in [3.05, 3.63) is 29.3 Å². The van der Waals surface area contributed by atoms with Crippen molar-refractivity contribution in [3.63, 3.8) is 0 Å². The number of nitrogens with one attached hydrogen (secondary N) is 1. The highest BCUT2D eigenvalue weighted by molar-refractivity contribution is 5.77. The van der Waals surface area contributed by atoms with Gasteiger partial charge in [0.15, 0.2) is 6.61 Å². The number of hydrogen-bond acceptors (Lipinski definition) is 3. The zero-order valence-corrected chi connectivity index (χ0v) is 13.1. The second-order valence-corrected chi connectivity index (χ2v) is 5.91. The molecule has 1 atom stereocenters. The van der Waals surface area contributed by atoms with Crippen LogP contribution in [0, 0.1) is 6.92 Å². The maximum absolute atomic E-state index is 11.8. The van der Waals surface area contributed by atoms with E-state index < -0.39 is 0 Å². The van der Waals surface area contributed by atoms with Gasteiger partial charge in [-0.2, -0.15) is 0 Å². The van der Waals surface area contributed by atoms with E-state index in [9.17, 15) is 4.79 Å². The van der Waals surface area contributed by atoms with Gasteiger partial charge in [0.05, 0.1) is 6.10 Å². The summed E-state index contributed by atoms with van der Waals surface area (Å²) in [6, 6.07) is 6.16. The first-order valence-electron chi connectivity index (χ1n) is 7.68. The SMILES string of the molecule is Cc1ccc(C(C)C)cc1OCC(=O)NC[C@@H]1CCCO1. The van der Waals surface area contributed by atoms with Crippen LogP contribution in [-0.4, -0.2) is 31.8 Å². The Kier molecular flexibility index (Phi) is 5.62. The summed E-state index contributed by atoms with van der Waals surface area (Å²) >= 11 is 0. The predicted molar refractivity (Wildman–Crippen MR) is 82.7 cm³/mol. The average molecular weight is 291 g/mol. The first kappa shape index (κ1) is 15.8. The molecular formula is C17H25NO3. The lowest BCUT2D eigenvalue weighted by Crippen LogP contribution is -2.35. The van der Waals surface area contributed by atoms with E-state index in [2.05, 4.69) is 25.2 Å². The Balaban J connectivity index is 1.81. The van der Waals surface area contributed by atoms with Crippen molar-refractivity contribution in [2.75, 3.05) is 19.8 Å². The maximum atomic E-state index is 11.8. The van der Waals surface area contributed by atoms with Gasteiger partial charge in [0.1, 0.15) is 5.75 Å². The Bertz CT molecular complexity index is 479. The molecule has 1 aliphatic rings. The van der Waals surface area contributed by atoms with E-state index in [1.807, 2.05) is 19.1 Å². The van der Waals surface area contributed by atoms with E-state index in [1.165, 1.54) is 5.56 Å². The molecule has 1 saturated heterocycles. The summed E-state index contributed by atoms with van der Waals surface area (Å²) < 4.78 is 11.1. The molecule has 4 nitrogen and oxygen atoms in total. The van der Waals surface area contributed by atoms with Crippen molar-refractivity contribution in [2.45, 2.75) is 45.6 Å². The number of carbonyl (C=O) groups excluding carboxylic acids is 1. The van der Waals surface area contributed by atoms with Crippen molar-refractivity contribution in [3.8, 4) is 5.75 Å². The highest BCUT2D eigenvalue weighted by Gasteiger charge is 2.16. The molecule has 1 aromatic rings. The van der Waals surface area contributed by atoms with E-state index >= 15 is 0 Å². The summed E-state index contributed by atoms with van der Waals surface area (Å²) in [5.74, 6) is 1.13. The molecule has 0 bridgehead atoms. The average Bonchev–Trinajstić information content (AvgIpc) is 2.97. The molecule has 4 heteroatoms. The van der Waals surface area contributed by atoms with Crippen LogP contribution in [0.4, 0.5) is 0 Å². The Labute approximate surface area is 126 Å². The first-order valence-corrected chi connectivity index (χ1v) is 7.68. The zero-order chi connectivity index (χ0) is 15.2. The van der Waals surface area contributed by atoms with Crippen molar-refractivity contribution in [1.29, 1.82) is 0 Å². The Morgan fingerprint density at radius 1 is 1.48 bits per heavy atom. The van der Waals surface area contributed by atoms with Crippen LogP contribution < -0.4 is 10.1 Å². The van der Waals surface area contributed by atoms with Crippen LogP contribution in [0.25, 0.3) is 0 Å². The van der Waals surface area contributed by atoms with Crippen molar-refractivity contribution in [2.24, 2.45) is 0 Å². The van der Waals surface area contributed by atoms with Gasteiger partial charge in [-0.25, -0.2) is 0 Å². The second kappa shape index (κ2) is 7.46. The topological polar surface area (TPSA) is 47.6 Å². The van der Waals surface area contributed by atoms with E-state index in [-0.39, 0.29) is 18.6 Å². The van der Waals surface area contributed by atoms with Crippen molar-refractivity contribution < 1.29 is 14.3 Å². The van der Waals surface area contributed by atoms with Gasteiger partial charge in [-0.1, -0.05) is 26.0 Å². The quantitative estimate of drug-likeness (QED) is 0.876. The number of carbonyl (C=O) groups is 1. The highest BCUT2D eigenvalue weighted by atomic mass is 16.5. The summed E-state index contributed by atoms with van der Waals surface area (Å²) in [7, 11) is 0. The molecule has 1 fully saturated rings. The summed E-state index contributed by atoms with van der Waals surface area (Å²) in [6.07, 6.45) is 2.27. The van der Waals surface area contributed by atoms with Crippen LogP contribution in [-0.2, 0) is 9.53 Å². The molecule has 2 rings (SSSR count). The van der Waals surface area contributed by atoms with Crippen LogP contribution in [0.15, 0.2) is 18.2 Å². The smallest absolute Gasteiger partial charge is 0.258 e. The Hall–Kier alpha value is -1.55. The fraction of sp³-hybridized carbons (Fsp3) is 0.588. The van der Waals surface area contributed by atoms with Gasteiger partial charge < -0.3 is 14.8 Å². The summed E-state index contributed by atoms with van der Waals surface area (Å²) in [5, 5.41) is 2.86. The van der Waals surface area contributed by atoms with E-state index in [1.54, 1.807) is 0 Å². The molecule has 0 spiro atoms. The van der Waals surface area contributed by atoms with Crippen molar-refractivity contribution >= 4 is 5.91 Å². The maximum Gasteiger partial charge on any atom is 0.258 e. The van der Waals surface area contributed by atoms with Gasteiger partial charge in [0.2, 0.25) is 0 Å². The normalized spacial score (nSPS) is 18.0. The van der Waals surface area contributed by atoms with Crippen LogP contribution >= 0.6 is 0 Å². The molecule has 0 aromatic heterocycles. The van der Waals surface area contributed by atoms with Gasteiger partial charge in [0.25, 0.3) is 5.91 Å². The summed E-state index contributed by atoms with van der Waals surface area (Å²) in [6.45, 7) is 7.70. The zero-order valence-electron chi connectivity index (χ0n) is 13.1. The number of hydrogen-bond donors (Lipinski definition) is 1. The molecule has 0 aliphatic carbocycles. The third-order valence-electron chi connectivity index (χ3n) is 3.79. The molecule has 1 aliphatic heterocycles. The molecule has 116 valence electrons. The number of rotatable bonds is 6. The molecule has 0 saturated carbocycles. The molecule has 1 amide bonds. The van der Waals surface area contributed by atoms with E-state index in [4.69, 9.17) is 9.47 Å². The fourth-order valence-electron chi connectivity index (χ4n) is 2.36. The van der Waals surface area contributed by atoms with E-state index in [0.717, 1.165) is 30.8 Å². The lowest BCUT2D eigenvalue weighted by Gasteiger charge is -2.14. The Morgan fingerprint density at radius 2 is 2.29 bits per heavy atom. The third-order valence-corrected chi connectivity index (χ3v) is 3.79. The third kappa shape index (κ3) is 4.74. The molecule has 1 aromatic carbocycles. The minimum atomic E-state index is -0.0974. The fourth-order valence-corrected chi connectivity index (χ4v) is 2.36. The number of ether oxygens (including phenoxy) is 2. The van der Waals surface area contributed by atoms with Crippen molar-refractivity contribution in [1.82, 2.24) is 5.32 Å². The lowest BCUT2D eigenvalue weighted by molar-refractivity contribution is -0.123. The van der Waals surface area contributed by atoms with Gasteiger partial charge in [-0.15, -0.1) is 0 Å².